The highest BCUT2D eigenvalue weighted by Crippen LogP contribution is 2.60. The zero-order valence-electron chi connectivity index (χ0n) is 10.2. The Morgan fingerprint density at radius 2 is 1.47 bits per heavy atom. The Balaban J connectivity index is 1.70. The number of rotatable bonds is 3. The summed E-state index contributed by atoms with van der Waals surface area (Å²) in [6.07, 6.45) is 9.48. The van der Waals surface area contributed by atoms with Gasteiger partial charge in [-0.05, 0) is 75.5 Å². The molecule has 15 heavy (non-hydrogen) atoms. The molecular formula is C14H24O. The van der Waals surface area contributed by atoms with E-state index >= 15 is 0 Å². The van der Waals surface area contributed by atoms with Crippen molar-refractivity contribution in [3.63, 3.8) is 0 Å². The van der Waals surface area contributed by atoms with Gasteiger partial charge in [0.15, 0.2) is 0 Å². The third-order valence-corrected chi connectivity index (χ3v) is 4.89. The molecule has 0 aromatic carbocycles. The van der Waals surface area contributed by atoms with E-state index in [0.29, 0.717) is 11.5 Å². The topological polar surface area (TPSA) is 9.23 Å². The molecule has 4 rings (SSSR count). The average Bonchev–Trinajstić information content (AvgIpc) is 2.12. The van der Waals surface area contributed by atoms with Crippen LogP contribution >= 0.6 is 0 Å². The second-order valence-corrected chi connectivity index (χ2v) is 6.78. The lowest BCUT2D eigenvalue weighted by Crippen LogP contribution is -2.48. The first-order chi connectivity index (χ1) is 7.15. The molecular weight excluding hydrogens is 184 g/mol. The average molecular weight is 208 g/mol. The lowest BCUT2D eigenvalue weighted by atomic mass is 9.50. The van der Waals surface area contributed by atoms with Crippen LogP contribution in [0.1, 0.15) is 52.4 Å². The van der Waals surface area contributed by atoms with E-state index in [1.807, 2.05) is 0 Å². The first-order valence-electron chi connectivity index (χ1n) is 6.77. The predicted octanol–water partition coefficient (Wildman–Crippen LogP) is 3.63. The Hall–Kier alpha value is -0.0400. The van der Waals surface area contributed by atoms with Crippen LogP contribution in [-0.4, -0.2) is 12.7 Å². The van der Waals surface area contributed by atoms with Crippen LogP contribution in [0.2, 0.25) is 0 Å². The summed E-state index contributed by atoms with van der Waals surface area (Å²) in [4.78, 5) is 0. The molecule has 86 valence electrons. The van der Waals surface area contributed by atoms with E-state index in [2.05, 4.69) is 13.8 Å². The summed E-state index contributed by atoms with van der Waals surface area (Å²) in [7, 11) is 0. The maximum atomic E-state index is 5.93. The highest BCUT2D eigenvalue weighted by molar-refractivity contribution is 5.01. The van der Waals surface area contributed by atoms with Crippen molar-refractivity contribution in [1.82, 2.24) is 0 Å². The van der Waals surface area contributed by atoms with Crippen LogP contribution in [0.4, 0.5) is 0 Å². The van der Waals surface area contributed by atoms with E-state index in [0.717, 1.165) is 24.4 Å². The van der Waals surface area contributed by atoms with Gasteiger partial charge < -0.3 is 4.74 Å². The largest absolute Gasteiger partial charge is 0.378 e. The van der Waals surface area contributed by atoms with E-state index in [-0.39, 0.29) is 0 Å². The summed E-state index contributed by atoms with van der Waals surface area (Å²) in [6, 6.07) is 0. The van der Waals surface area contributed by atoms with Gasteiger partial charge in [-0.25, -0.2) is 0 Å². The van der Waals surface area contributed by atoms with Crippen molar-refractivity contribution in [2.75, 3.05) is 6.61 Å². The normalized spacial score (nSPS) is 47.8. The molecule has 1 nitrogen and oxygen atoms in total. The van der Waals surface area contributed by atoms with E-state index in [1.54, 1.807) is 19.3 Å². The van der Waals surface area contributed by atoms with Crippen LogP contribution in [0, 0.1) is 23.2 Å². The standard InChI is InChI=1S/C14H24O/c1-10(2)15-9-14-6-11-3-12(7-14)5-13(4-11)8-14/h10-13H,3-9H2,1-2H3. The third kappa shape index (κ3) is 1.84. The van der Waals surface area contributed by atoms with Crippen LogP contribution in [0.3, 0.4) is 0 Å². The van der Waals surface area contributed by atoms with Gasteiger partial charge in [0.1, 0.15) is 0 Å². The molecule has 4 aliphatic carbocycles. The lowest BCUT2D eigenvalue weighted by molar-refractivity contribution is -0.106. The molecule has 1 heteroatoms. The van der Waals surface area contributed by atoms with Gasteiger partial charge in [0, 0.05) is 0 Å². The minimum Gasteiger partial charge on any atom is -0.378 e. The fraction of sp³-hybridized carbons (Fsp3) is 1.00. The van der Waals surface area contributed by atoms with Gasteiger partial charge in [0.25, 0.3) is 0 Å². The molecule has 4 aliphatic rings. The van der Waals surface area contributed by atoms with Gasteiger partial charge in [-0.1, -0.05) is 0 Å². The number of hydrogen-bond donors (Lipinski definition) is 0. The van der Waals surface area contributed by atoms with Crippen molar-refractivity contribution in [2.45, 2.75) is 58.5 Å². The second kappa shape index (κ2) is 3.48. The first-order valence-corrected chi connectivity index (χ1v) is 6.77. The van der Waals surface area contributed by atoms with Gasteiger partial charge in [-0.15, -0.1) is 0 Å². The summed E-state index contributed by atoms with van der Waals surface area (Å²) in [6.45, 7) is 5.38. The molecule has 4 saturated carbocycles. The molecule has 0 aromatic heterocycles. The first kappa shape index (κ1) is 10.1. The molecule has 4 fully saturated rings. The van der Waals surface area contributed by atoms with Crippen molar-refractivity contribution >= 4 is 0 Å². The summed E-state index contributed by atoms with van der Waals surface area (Å²) in [5.74, 6) is 3.19. The molecule has 0 N–H and O–H groups in total. The smallest absolute Gasteiger partial charge is 0.0526 e. The number of ether oxygens (including phenoxy) is 1. The molecule has 0 aromatic rings. The fourth-order valence-electron chi connectivity index (χ4n) is 4.81. The Kier molecular flexibility index (Phi) is 2.35. The Morgan fingerprint density at radius 3 is 1.87 bits per heavy atom. The highest BCUT2D eigenvalue weighted by Gasteiger charge is 2.50. The monoisotopic (exact) mass is 208 g/mol. The molecule has 0 unspecified atom stereocenters. The minimum absolute atomic E-state index is 0.415. The van der Waals surface area contributed by atoms with Crippen LogP contribution in [0.25, 0.3) is 0 Å². The van der Waals surface area contributed by atoms with Gasteiger partial charge in [-0.2, -0.15) is 0 Å². The molecule has 0 aliphatic heterocycles. The van der Waals surface area contributed by atoms with Crippen molar-refractivity contribution in [3.05, 3.63) is 0 Å². The van der Waals surface area contributed by atoms with Crippen LogP contribution in [0.15, 0.2) is 0 Å². The van der Waals surface area contributed by atoms with E-state index < -0.39 is 0 Å². The van der Waals surface area contributed by atoms with Gasteiger partial charge in [-0.3, -0.25) is 0 Å². The minimum atomic E-state index is 0.415. The Labute approximate surface area is 93.6 Å². The van der Waals surface area contributed by atoms with Crippen molar-refractivity contribution in [3.8, 4) is 0 Å². The van der Waals surface area contributed by atoms with Gasteiger partial charge in [0.2, 0.25) is 0 Å². The maximum Gasteiger partial charge on any atom is 0.0526 e. The quantitative estimate of drug-likeness (QED) is 0.688. The van der Waals surface area contributed by atoms with Crippen LogP contribution < -0.4 is 0 Å². The maximum absolute atomic E-state index is 5.93. The second-order valence-electron chi connectivity index (χ2n) is 6.78. The van der Waals surface area contributed by atoms with E-state index in [1.165, 1.54) is 19.3 Å². The van der Waals surface area contributed by atoms with Gasteiger partial charge in [0.05, 0.1) is 12.7 Å². The van der Waals surface area contributed by atoms with Gasteiger partial charge >= 0.3 is 0 Å². The molecule has 0 spiro atoms. The molecule has 0 heterocycles. The van der Waals surface area contributed by atoms with Crippen LogP contribution in [0.5, 0.6) is 0 Å². The van der Waals surface area contributed by atoms with E-state index in [4.69, 9.17) is 4.74 Å². The lowest BCUT2D eigenvalue weighted by Gasteiger charge is -2.56. The zero-order chi connectivity index (χ0) is 10.5. The summed E-state index contributed by atoms with van der Waals surface area (Å²) < 4.78 is 5.93. The summed E-state index contributed by atoms with van der Waals surface area (Å²) >= 11 is 0. The number of hydrogen-bond acceptors (Lipinski definition) is 1. The Morgan fingerprint density at radius 1 is 1.00 bits per heavy atom. The fourth-order valence-corrected chi connectivity index (χ4v) is 4.81. The molecule has 0 amide bonds. The molecule has 4 bridgehead atoms. The zero-order valence-corrected chi connectivity index (χ0v) is 10.2. The predicted molar refractivity (Wildman–Crippen MR) is 61.7 cm³/mol. The molecule has 0 saturated heterocycles. The highest BCUT2D eigenvalue weighted by atomic mass is 16.5. The van der Waals surface area contributed by atoms with Crippen molar-refractivity contribution < 1.29 is 4.74 Å². The van der Waals surface area contributed by atoms with Crippen LogP contribution in [-0.2, 0) is 4.74 Å². The van der Waals surface area contributed by atoms with Crippen molar-refractivity contribution in [1.29, 1.82) is 0 Å². The summed E-state index contributed by atoms with van der Waals surface area (Å²) in [5, 5.41) is 0. The molecule has 0 atom stereocenters. The van der Waals surface area contributed by atoms with Crippen molar-refractivity contribution in [2.24, 2.45) is 23.2 Å². The SMILES string of the molecule is CC(C)OCC12CC3CC(CC(C3)C1)C2. The molecule has 0 radical (unpaired) electrons. The summed E-state index contributed by atoms with van der Waals surface area (Å²) in [5.41, 5.74) is 0.610. The Bertz CT molecular complexity index is 208. The third-order valence-electron chi connectivity index (χ3n) is 4.89. The van der Waals surface area contributed by atoms with E-state index in [9.17, 15) is 0 Å².